The number of carboxylic acid groups (broad SMARTS) is 1. The van der Waals surface area contributed by atoms with E-state index in [1.54, 1.807) is 24.6 Å². The summed E-state index contributed by atoms with van der Waals surface area (Å²) in [6, 6.07) is 9.61. The van der Waals surface area contributed by atoms with E-state index in [4.69, 9.17) is 5.11 Å². The molecule has 0 aliphatic carbocycles. The predicted molar refractivity (Wildman–Crippen MR) is 91.5 cm³/mol. The first-order valence-electron chi connectivity index (χ1n) is 7.86. The minimum absolute atomic E-state index is 0.00408. The van der Waals surface area contributed by atoms with Gasteiger partial charge in [-0.15, -0.1) is 0 Å². The first-order valence-corrected chi connectivity index (χ1v) is 7.86. The quantitative estimate of drug-likeness (QED) is 0.853. The van der Waals surface area contributed by atoms with E-state index in [9.17, 15) is 9.59 Å². The Labute approximate surface area is 141 Å². The highest BCUT2D eigenvalue weighted by molar-refractivity contribution is 5.93. The minimum Gasteiger partial charge on any atom is -0.481 e. The second kappa shape index (κ2) is 6.86. The maximum absolute atomic E-state index is 12.4. The number of amides is 1. The fourth-order valence-corrected chi connectivity index (χ4v) is 2.39. The van der Waals surface area contributed by atoms with Crippen molar-refractivity contribution < 1.29 is 14.7 Å². The fraction of sp³-hybridized carbons (Fsp3) is 0.389. The van der Waals surface area contributed by atoms with Gasteiger partial charge in [0.15, 0.2) is 5.69 Å². The number of benzene rings is 1. The molecular weight excluding hydrogens is 306 g/mol. The molecule has 0 fully saturated rings. The molecule has 1 amide bonds. The third kappa shape index (κ3) is 4.44. The van der Waals surface area contributed by atoms with Gasteiger partial charge in [-0.25, -0.2) is 4.68 Å². The second-order valence-electron chi connectivity index (χ2n) is 6.65. The Hall–Kier alpha value is -2.63. The summed E-state index contributed by atoms with van der Waals surface area (Å²) in [5, 5.41) is 16.0. The predicted octanol–water partition coefficient (Wildman–Crippen LogP) is 2.86. The van der Waals surface area contributed by atoms with Gasteiger partial charge in [0.2, 0.25) is 0 Å². The van der Waals surface area contributed by atoms with Gasteiger partial charge in [0.05, 0.1) is 5.69 Å². The number of nitrogens with zero attached hydrogens (tertiary/aromatic N) is 2. The highest BCUT2D eigenvalue weighted by Gasteiger charge is 2.24. The number of hydrogen-bond donors (Lipinski definition) is 2. The van der Waals surface area contributed by atoms with E-state index in [2.05, 4.69) is 10.4 Å². The van der Waals surface area contributed by atoms with Crippen LogP contribution < -0.4 is 5.32 Å². The van der Waals surface area contributed by atoms with E-state index in [1.165, 1.54) is 0 Å². The van der Waals surface area contributed by atoms with Crippen molar-refractivity contribution in [2.24, 2.45) is 0 Å². The van der Waals surface area contributed by atoms with Crippen molar-refractivity contribution in [3.05, 3.63) is 47.3 Å². The number of carboxylic acids is 1. The molecule has 1 heterocycles. The summed E-state index contributed by atoms with van der Waals surface area (Å²) < 4.78 is 1.72. The molecule has 2 rings (SSSR count). The van der Waals surface area contributed by atoms with Crippen LogP contribution in [0.5, 0.6) is 0 Å². The molecule has 6 heteroatoms. The van der Waals surface area contributed by atoms with Crippen LogP contribution in [0.25, 0.3) is 5.69 Å². The number of rotatable bonds is 6. The van der Waals surface area contributed by atoms with E-state index in [0.717, 1.165) is 16.9 Å². The van der Waals surface area contributed by atoms with Crippen LogP contribution in [0.15, 0.2) is 30.3 Å². The Balaban J connectivity index is 2.15. The minimum atomic E-state index is -0.878. The Morgan fingerprint density at radius 2 is 1.83 bits per heavy atom. The number of nitrogens with one attached hydrogen (secondary N) is 1. The number of aryl methyl sites for hydroxylation is 2. The monoisotopic (exact) mass is 329 g/mol. The van der Waals surface area contributed by atoms with Gasteiger partial charge in [-0.05, 0) is 52.3 Å². The smallest absolute Gasteiger partial charge is 0.303 e. The van der Waals surface area contributed by atoms with Crippen LogP contribution in [0.2, 0.25) is 0 Å². The van der Waals surface area contributed by atoms with E-state index >= 15 is 0 Å². The lowest BCUT2D eigenvalue weighted by molar-refractivity contribution is -0.137. The molecule has 0 radical (unpaired) electrons. The highest BCUT2D eigenvalue weighted by atomic mass is 16.4. The molecule has 2 aromatic rings. The van der Waals surface area contributed by atoms with Crippen molar-refractivity contribution in [3.63, 3.8) is 0 Å². The van der Waals surface area contributed by atoms with E-state index in [1.807, 2.05) is 38.1 Å². The van der Waals surface area contributed by atoms with Gasteiger partial charge in [0, 0.05) is 17.7 Å². The molecule has 0 bridgehead atoms. The summed E-state index contributed by atoms with van der Waals surface area (Å²) in [6.07, 6.45) is 0.357. The maximum Gasteiger partial charge on any atom is 0.303 e. The molecule has 0 unspecified atom stereocenters. The zero-order chi connectivity index (χ0) is 17.9. The van der Waals surface area contributed by atoms with Crippen LogP contribution in [0, 0.1) is 13.8 Å². The number of hydrogen-bond acceptors (Lipinski definition) is 3. The highest BCUT2D eigenvalue weighted by Crippen LogP contribution is 2.15. The first-order chi connectivity index (χ1) is 11.2. The normalized spacial score (nSPS) is 11.3. The number of carbonyl (C=O) groups excluding carboxylic acids is 1. The number of aliphatic carboxylic acids is 1. The van der Waals surface area contributed by atoms with Crippen LogP contribution in [0.4, 0.5) is 0 Å². The van der Waals surface area contributed by atoms with Crippen molar-refractivity contribution in [2.75, 3.05) is 0 Å². The molecular formula is C18H23N3O3. The summed E-state index contributed by atoms with van der Waals surface area (Å²) in [5.74, 6) is -1.18. The molecule has 1 aromatic carbocycles. The molecule has 0 saturated carbocycles. The van der Waals surface area contributed by atoms with Crippen molar-refractivity contribution in [1.82, 2.24) is 15.1 Å². The molecule has 0 atom stereocenters. The van der Waals surface area contributed by atoms with Crippen LogP contribution in [0.3, 0.4) is 0 Å². The lowest BCUT2D eigenvalue weighted by Gasteiger charge is -2.25. The molecule has 0 aliphatic heterocycles. The summed E-state index contributed by atoms with van der Waals surface area (Å²) in [7, 11) is 0. The van der Waals surface area contributed by atoms with E-state index in [0.29, 0.717) is 12.1 Å². The topological polar surface area (TPSA) is 84.2 Å². The maximum atomic E-state index is 12.4. The summed E-state index contributed by atoms with van der Waals surface area (Å²) >= 11 is 0. The van der Waals surface area contributed by atoms with Gasteiger partial charge in [0.25, 0.3) is 5.91 Å². The molecule has 0 aliphatic rings. The van der Waals surface area contributed by atoms with Crippen molar-refractivity contribution in [3.8, 4) is 5.69 Å². The van der Waals surface area contributed by atoms with Crippen LogP contribution >= 0.6 is 0 Å². The van der Waals surface area contributed by atoms with Gasteiger partial charge in [-0.2, -0.15) is 5.10 Å². The van der Waals surface area contributed by atoms with Gasteiger partial charge >= 0.3 is 5.97 Å². The third-order valence-corrected chi connectivity index (χ3v) is 3.81. The lowest BCUT2D eigenvalue weighted by Crippen LogP contribution is -2.43. The molecule has 0 spiro atoms. The Bertz CT molecular complexity index is 745. The SMILES string of the molecule is Cc1ccc(-n2nc(C(=O)NC(C)(C)CCC(=O)O)cc2C)cc1. The zero-order valence-corrected chi connectivity index (χ0v) is 14.5. The summed E-state index contributed by atoms with van der Waals surface area (Å²) in [5.41, 5.74) is 2.60. The van der Waals surface area contributed by atoms with E-state index in [-0.39, 0.29) is 12.3 Å². The third-order valence-electron chi connectivity index (χ3n) is 3.81. The molecule has 128 valence electrons. The largest absolute Gasteiger partial charge is 0.481 e. The van der Waals surface area contributed by atoms with Gasteiger partial charge in [-0.1, -0.05) is 17.7 Å². The Morgan fingerprint density at radius 3 is 2.42 bits per heavy atom. The standard InChI is InChI=1S/C18H23N3O3/c1-12-5-7-14(8-6-12)21-13(2)11-15(20-21)17(24)19-18(3,4)10-9-16(22)23/h5-8,11H,9-10H2,1-4H3,(H,19,24)(H,22,23). The van der Waals surface area contributed by atoms with Gasteiger partial charge in [0.1, 0.15) is 0 Å². The average molecular weight is 329 g/mol. The molecule has 6 nitrogen and oxygen atoms in total. The molecule has 1 aromatic heterocycles. The molecule has 24 heavy (non-hydrogen) atoms. The van der Waals surface area contributed by atoms with Crippen molar-refractivity contribution in [2.45, 2.75) is 46.1 Å². The van der Waals surface area contributed by atoms with Crippen LogP contribution in [-0.4, -0.2) is 32.3 Å². The zero-order valence-electron chi connectivity index (χ0n) is 14.5. The molecule has 0 saturated heterocycles. The van der Waals surface area contributed by atoms with Crippen molar-refractivity contribution >= 4 is 11.9 Å². The van der Waals surface area contributed by atoms with E-state index < -0.39 is 11.5 Å². The summed E-state index contributed by atoms with van der Waals surface area (Å²) in [6.45, 7) is 7.51. The second-order valence-corrected chi connectivity index (χ2v) is 6.65. The Kier molecular flexibility index (Phi) is 5.07. The lowest BCUT2D eigenvalue weighted by atomic mass is 9.98. The van der Waals surface area contributed by atoms with Crippen LogP contribution in [0.1, 0.15) is 48.4 Å². The summed E-state index contributed by atoms with van der Waals surface area (Å²) in [4.78, 5) is 23.1. The number of carbonyl (C=O) groups is 2. The first kappa shape index (κ1) is 17.7. The van der Waals surface area contributed by atoms with Gasteiger partial charge in [-0.3, -0.25) is 9.59 Å². The number of aromatic nitrogens is 2. The fourth-order valence-electron chi connectivity index (χ4n) is 2.39. The van der Waals surface area contributed by atoms with Gasteiger partial charge < -0.3 is 10.4 Å². The average Bonchev–Trinajstić information content (AvgIpc) is 2.88. The van der Waals surface area contributed by atoms with Crippen LogP contribution in [-0.2, 0) is 4.79 Å². The van der Waals surface area contributed by atoms with Crippen molar-refractivity contribution in [1.29, 1.82) is 0 Å². The molecule has 2 N–H and O–H groups in total. The Morgan fingerprint density at radius 1 is 1.21 bits per heavy atom.